The number of amides is 2. The Labute approximate surface area is 134 Å². The van der Waals surface area contributed by atoms with Crippen molar-refractivity contribution in [2.45, 2.75) is 19.3 Å². The van der Waals surface area contributed by atoms with Gasteiger partial charge in [0, 0.05) is 17.7 Å². The monoisotopic (exact) mass is 310 g/mol. The Hall–Kier alpha value is -2.82. The van der Waals surface area contributed by atoms with E-state index in [0.29, 0.717) is 23.4 Å². The highest BCUT2D eigenvalue weighted by molar-refractivity contribution is 6.05. The number of hydrogen-bond donors (Lipinski definition) is 2. The van der Waals surface area contributed by atoms with Crippen LogP contribution in [0.1, 0.15) is 28.8 Å². The van der Waals surface area contributed by atoms with Gasteiger partial charge in [0.2, 0.25) is 5.91 Å². The molecule has 2 N–H and O–H groups in total. The van der Waals surface area contributed by atoms with Crippen LogP contribution in [-0.2, 0) is 11.2 Å². The average molecular weight is 310 g/mol. The van der Waals surface area contributed by atoms with Crippen LogP contribution in [0.5, 0.6) is 5.75 Å². The highest BCUT2D eigenvalue weighted by Gasteiger charge is 2.16. The number of aryl methyl sites for hydroxylation is 1. The van der Waals surface area contributed by atoms with Gasteiger partial charge in [-0.15, -0.1) is 0 Å². The predicted molar refractivity (Wildman–Crippen MR) is 89.0 cm³/mol. The maximum Gasteiger partial charge on any atom is 0.255 e. The maximum atomic E-state index is 12.5. The van der Waals surface area contributed by atoms with Crippen molar-refractivity contribution in [2.75, 3.05) is 17.7 Å². The van der Waals surface area contributed by atoms with Crippen molar-refractivity contribution in [2.24, 2.45) is 0 Å². The van der Waals surface area contributed by atoms with E-state index in [4.69, 9.17) is 4.74 Å². The summed E-state index contributed by atoms with van der Waals surface area (Å²) < 4.78 is 5.24. The van der Waals surface area contributed by atoms with Crippen LogP contribution in [0.15, 0.2) is 42.5 Å². The molecule has 1 heterocycles. The number of fused-ring (bicyclic) bond motifs is 1. The number of benzene rings is 2. The van der Waals surface area contributed by atoms with Crippen LogP contribution in [0.4, 0.5) is 11.4 Å². The molecule has 5 heteroatoms. The smallest absolute Gasteiger partial charge is 0.255 e. The molecular weight excluding hydrogens is 292 g/mol. The zero-order valence-corrected chi connectivity index (χ0v) is 12.9. The Morgan fingerprint density at radius 2 is 2.00 bits per heavy atom. The molecule has 5 nitrogen and oxygen atoms in total. The molecule has 23 heavy (non-hydrogen) atoms. The molecule has 0 saturated carbocycles. The first-order chi connectivity index (χ1) is 11.2. The lowest BCUT2D eigenvalue weighted by Crippen LogP contribution is -2.14. The predicted octanol–water partition coefficient (Wildman–Crippen LogP) is 3.22. The largest absolute Gasteiger partial charge is 0.495 e. The van der Waals surface area contributed by atoms with Gasteiger partial charge < -0.3 is 15.4 Å². The summed E-state index contributed by atoms with van der Waals surface area (Å²) in [5.41, 5.74) is 2.97. The first kappa shape index (κ1) is 15.1. The van der Waals surface area contributed by atoms with Crippen LogP contribution >= 0.6 is 0 Å². The molecule has 0 atom stereocenters. The molecule has 2 aromatic carbocycles. The van der Waals surface area contributed by atoms with Crippen molar-refractivity contribution in [3.05, 3.63) is 53.6 Å². The van der Waals surface area contributed by atoms with Gasteiger partial charge in [-0.05, 0) is 48.7 Å². The molecule has 3 rings (SSSR count). The van der Waals surface area contributed by atoms with Crippen LogP contribution in [0.2, 0.25) is 0 Å². The van der Waals surface area contributed by atoms with Crippen molar-refractivity contribution < 1.29 is 14.3 Å². The molecule has 0 saturated heterocycles. The summed E-state index contributed by atoms with van der Waals surface area (Å²) in [5, 5.41) is 5.72. The van der Waals surface area contributed by atoms with Gasteiger partial charge in [-0.25, -0.2) is 0 Å². The molecule has 0 aliphatic carbocycles. The van der Waals surface area contributed by atoms with Gasteiger partial charge in [-0.3, -0.25) is 9.59 Å². The molecule has 1 aliphatic rings. The number of rotatable bonds is 3. The van der Waals surface area contributed by atoms with Crippen LogP contribution in [0.25, 0.3) is 0 Å². The maximum absolute atomic E-state index is 12.5. The third kappa shape index (κ3) is 3.34. The zero-order chi connectivity index (χ0) is 16.2. The zero-order valence-electron chi connectivity index (χ0n) is 12.9. The second-order valence-electron chi connectivity index (χ2n) is 5.43. The van der Waals surface area contributed by atoms with Crippen LogP contribution in [0.3, 0.4) is 0 Å². The van der Waals surface area contributed by atoms with E-state index < -0.39 is 0 Å². The van der Waals surface area contributed by atoms with Gasteiger partial charge in [-0.1, -0.05) is 12.1 Å². The molecule has 2 amide bonds. The molecule has 1 aliphatic heterocycles. The summed E-state index contributed by atoms with van der Waals surface area (Å²) in [6, 6.07) is 12.6. The summed E-state index contributed by atoms with van der Waals surface area (Å²) in [6.45, 7) is 0. The minimum atomic E-state index is -0.201. The number of nitrogens with one attached hydrogen (secondary N) is 2. The van der Waals surface area contributed by atoms with Crippen LogP contribution in [0, 0.1) is 0 Å². The van der Waals surface area contributed by atoms with E-state index in [1.807, 2.05) is 18.2 Å². The van der Waals surface area contributed by atoms with E-state index >= 15 is 0 Å². The fraction of sp³-hybridized carbons (Fsp3) is 0.222. The number of carbonyl (C=O) groups excluding carboxylic acids is 2. The van der Waals surface area contributed by atoms with E-state index in [-0.39, 0.29) is 11.8 Å². The SMILES string of the molecule is COc1ccccc1NC(=O)c1ccc2c(c1)CCCC(=O)N2. The fourth-order valence-corrected chi connectivity index (χ4v) is 2.66. The fourth-order valence-electron chi connectivity index (χ4n) is 2.66. The van der Waals surface area contributed by atoms with Gasteiger partial charge >= 0.3 is 0 Å². The number of methoxy groups -OCH3 is 1. The Morgan fingerprint density at radius 1 is 1.17 bits per heavy atom. The third-order valence-electron chi connectivity index (χ3n) is 3.85. The standard InChI is InChI=1S/C18H18N2O3/c1-23-16-7-3-2-6-15(16)20-18(22)13-9-10-14-12(11-13)5-4-8-17(21)19-14/h2-3,6-7,9-11H,4-5,8H2,1H3,(H,19,21)(H,20,22). The van der Waals surface area contributed by atoms with E-state index in [1.54, 1.807) is 31.4 Å². The quantitative estimate of drug-likeness (QED) is 0.914. The highest BCUT2D eigenvalue weighted by atomic mass is 16.5. The van der Waals surface area contributed by atoms with E-state index in [9.17, 15) is 9.59 Å². The summed E-state index contributed by atoms with van der Waals surface area (Å²) in [4.78, 5) is 24.0. The third-order valence-corrected chi connectivity index (χ3v) is 3.85. The second kappa shape index (κ2) is 6.52. The average Bonchev–Trinajstić information content (AvgIpc) is 2.75. The summed E-state index contributed by atoms with van der Waals surface area (Å²) in [7, 11) is 1.57. The van der Waals surface area contributed by atoms with E-state index in [0.717, 1.165) is 24.1 Å². The van der Waals surface area contributed by atoms with Gasteiger partial charge in [0.1, 0.15) is 5.75 Å². The lowest BCUT2D eigenvalue weighted by molar-refractivity contribution is -0.116. The molecule has 0 bridgehead atoms. The summed E-state index contributed by atoms with van der Waals surface area (Å²) in [5.74, 6) is 0.436. The van der Waals surface area contributed by atoms with Crippen LogP contribution in [-0.4, -0.2) is 18.9 Å². The highest BCUT2D eigenvalue weighted by Crippen LogP contribution is 2.26. The minimum absolute atomic E-state index is 0.0231. The number of ether oxygens (including phenoxy) is 1. The van der Waals surface area contributed by atoms with Crippen molar-refractivity contribution in [1.29, 1.82) is 0 Å². The minimum Gasteiger partial charge on any atom is -0.495 e. The lowest BCUT2D eigenvalue weighted by atomic mass is 10.0. The van der Waals surface area contributed by atoms with E-state index in [2.05, 4.69) is 10.6 Å². The molecular formula is C18H18N2O3. The van der Waals surface area contributed by atoms with Crippen molar-refractivity contribution >= 4 is 23.2 Å². The summed E-state index contributed by atoms with van der Waals surface area (Å²) in [6.07, 6.45) is 2.08. The van der Waals surface area contributed by atoms with Gasteiger partial charge in [-0.2, -0.15) is 0 Å². The Balaban J connectivity index is 1.83. The Bertz CT molecular complexity index is 756. The summed E-state index contributed by atoms with van der Waals surface area (Å²) >= 11 is 0. The molecule has 0 aromatic heterocycles. The van der Waals surface area contributed by atoms with Gasteiger partial charge in [0.25, 0.3) is 5.91 Å². The van der Waals surface area contributed by atoms with E-state index in [1.165, 1.54) is 0 Å². The molecule has 2 aromatic rings. The van der Waals surface area contributed by atoms with Gasteiger partial charge in [0.15, 0.2) is 0 Å². The van der Waals surface area contributed by atoms with Crippen molar-refractivity contribution in [3.63, 3.8) is 0 Å². The molecule has 0 unspecified atom stereocenters. The Morgan fingerprint density at radius 3 is 2.83 bits per heavy atom. The van der Waals surface area contributed by atoms with Crippen LogP contribution < -0.4 is 15.4 Å². The number of para-hydroxylation sites is 2. The first-order valence-corrected chi connectivity index (χ1v) is 7.54. The first-order valence-electron chi connectivity index (χ1n) is 7.54. The topological polar surface area (TPSA) is 67.4 Å². The second-order valence-corrected chi connectivity index (χ2v) is 5.43. The van der Waals surface area contributed by atoms with Crippen molar-refractivity contribution in [1.82, 2.24) is 0 Å². The number of hydrogen-bond acceptors (Lipinski definition) is 3. The molecule has 0 radical (unpaired) electrons. The van der Waals surface area contributed by atoms with Crippen molar-refractivity contribution in [3.8, 4) is 5.75 Å². The number of carbonyl (C=O) groups is 2. The number of anilines is 2. The molecule has 0 spiro atoms. The van der Waals surface area contributed by atoms with Gasteiger partial charge in [0.05, 0.1) is 12.8 Å². The lowest BCUT2D eigenvalue weighted by Gasteiger charge is -2.12. The molecule has 118 valence electrons. The normalized spacial score (nSPS) is 13.5. The molecule has 0 fully saturated rings. The Kier molecular flexibility index (Phi) is 4.28.